The number of carbonyl (C=O) groups excluding carboxylic acids is 2. The lowest BCUT2D eigenvalue weighted by Gasteiger charge is -2.11. The number of ether oxygens (including phenoxy) is 2. The first-order chi connectivity index (χ1) is 11.1. The van der Waals surface area contributed by atoms with Crippen LogP contribution in [0.4, 0.5) is 0 Å². The minimum absolute atomic E-state index is 0.0741. The van der Waals surface area contributed by atoms with E-state index in [0.717, 1.165) is 18.4 Å². The van der Waals surface area contributed by atoms with Gasteiger partial charge in [-0.2, -0.15) is 0 Å². The van der Waals surface area contributed by atoms with Crippen LogP contribution in [0.2, 0.25) is 0 Å². The van der Waals surface area contributed by atoms with Crippen LogP contribution < -0.4 is 20.5 Å². The number of methoxy groups -OCH3 is 1. The Bertz CT molecular complexity index is 603. The summed E-state index contributed by atoms with van der Waals surface area (Å²) in [5.74, 6) is 0.305. The van der Waals surface area contributed by atoms with Crippen LogP contribution in [-0.4, -0.2) is 25.5 Å². The van der Waals surface area contributed by atoms with Crippen molar-refractivity contribution in [2.75, 3.05) is 13.7 Å². The van der Waals surface area contributed by atoms with Gasteiger partial charge in [0.1, 0.15) is 0 Å². The summed E-state index contributed by atoms with van der Waals surface area (Å²) in [5, 5.41) is 2.86. The third-order valence-electron chi connectivity index (χ3n) is 3.65. The van der Waals surface area contributed by atoms with Crippen LogP contribution >= 0.6 is 0 Å². The minimum Gasteiger partial charge on any atom is -0.493 e. The average Bonchev–Trinajstić information content (AvgIpc) is 3.04. The number of nitrogens with one attached hydrogen (secondary N) is 1. The minimum atomic E-state index is -0.552. The predicted octanol–water partition coefficient (Wildman–Crippen LogP) is 1.68. The van der Waals surface area contributed by atoms with E-state index in [0.29, 0.717) is 18.0 Å². The number of amides is 2. The van der Waals surface area contributed by atoms with Crippen LogP contribution in [0.1, 0.15) is 31.2 Å². The molecule has 0 aromatic heterocycles. The molecule has 6 heteroatoms. The van der Waals surface area contributed by atoms with Gasteiger partial charge in [0.05, 0.1) is 7.11 Å². The molecule has 1 fully saturated rings. The zero-order valence-corrected chi connectivity index (χ0v) is 13.3. The van der Waals surface area contributed by atoms with Gasteiger partial charge in [-0.25, -0.2) is 0 Å². The van der Waals surface area contributed by atoms with E-state index in [-0.39, 0.29) is 12.5 Å². The van der Waals surface area contributed by atoms with Crippen molar-refractivity contribution in [2.45, 2.75) is 32.2 Å². The van der Waals surface area contributed by atoms with Gasteiger partial charge in [0.25, 0.3) is 5.91 Å². The van der Waals surface area contributed by atoms with Gasteiger partial charge in [-0.05, 0) is 43.4 Å². The van der Waals surface area contributed by atoms with Crippen LogP contribution in [0.15, 0.2) is 29.8 Å². The van der Waals surface area contributed by atoms with Crippen molar-refractivity contribution in [3.8, 4) is 11.5 Å². The Balaban J connectivity index is 1.93. The first-order valence-electron chi connectivity index (χ1n) is 7.64. The molecule has 6 nitrogen and oxygen atoms in total. The molecule has 2 rings (SSSR count). The van der Waals surface area contributed by atoms with Crippen molar-refractivity contribution in [1.29, 1.82) is 0 Å². The lowest BCUT2D eigenvalue weighted by Crippen LogP contribution is -2.21. The molecule has 1 aliphatic carbocycles. The van der Waals surface area contributed by atoms with Crippen molar-refractivity contribution in [3.63, 3.8) is 0 Å². The van der Waals surface area contributed by atoms with Crippen LogP contribution in [0.3, 0.4) is 0 Å². The Morgan fingerprint density at radius 3 is 2.65 bits per heavy atom. The Hall–Kier alpha value is -2.50. The van der Waals surface area contributed by atoms with Gasteiger partial charge in [-0.3, -0.25) is 9.59 Å². The number of hydrogen-bond donors (Lipinski definition) is 2. The molecule has 124 valence electrons. The molecular formula is C17H22N2O4. The maximum absolute atomic E-state index is 11.9. The Labute approximate surface area is 135 Å². The summed E-state index contributed by atoms with van der Waals surface area (Å²) in [4.78, 5) is 22.6. The van der Waals surface area contributed by atoms with E-state index in [4.69, 9.17) is 15.2 Å². The topological polar surface area (TPSA) is 90.7 Å². The molecule has 0 aliphatic heterocycles. The highest BCUT2D eigenvalue weighted by atomic mass is 16.5. The Kier molecular flexibility index (Phi) is 6.02. The van der Waals surface area contributed by atoms with E-state index < -0.39 is 5.91 Å². The summed E-state index contributed by atoms with van der Waals surface area (Å²) in [6.45, 7) is 0.190. The summed E-state index contributed by atoms with van der Waals surface area (Å²) in [5.41, 5.74) is 7.15. The monoisotopic (exact) mass is 318 g/mol. The molecule has 0 saturated heterocycles. The van der Waals surface area contributed by atoms with E-state index in [1.807, 2.05) is 6.07 Å². The third kappa shape index (κ3) is 5.32. The maximum Gasteiger partial charge on any atom is 0.255 e. The quantitative estimate of drug-likeness (QED) is 0.748. The molecule has 0 radical (unpaired) electrons. The second-order valence-corrected chi connectivity index (χ2v) is 5.47. The fourth-order valence-corrected chi connectivity index (χ4v) is 2.49. The van der Waals surface area contributed by atoms with Crippen LogP contribution in [0.5, 0.6) is 11.5 Å². The van der Waals surface area contributed by atoms with E-state index in [1.165, 1.54) is 25.5 Å². The lowest BCUT2D eigenvalue weighted by molar-refractivity contribution is -0.120. The molecule has 1 aliphatic rings. The smallest absolute Gasteiger partial charge is 0.255 e. The molecule has 0 unspecified atom stereocenters. The first-order valence-corrected chi connectivity index (χ1v) is 7.64. The highest BCUT2D eigenvalue weighted by molar-refractivity contribution is 5.88. The van der Waals surface area contributed by atoms with Gasteiger partial charge >= 0.3 is 0 Å². The molecule has 23 heavy (non-hydrogen) atoms. The number of primary amides is 1. The fourth-order valence-electron chi connectivity index (χ4n) is 2.49. The summed E-state index contributed by atoms with van der Waals surface area (Å²) in [6, 6.07) is 5.26. The summed E-state index contributed by atoms with van der Waals surface area (Å²) < 4.78 is 10.5. The molecular weight excluding hydrogens is 296 g/mol. The molecule has 1 aromatic carbocycles. The molecule has 0 heterocycles. The zero-order chi connectivity index (χ0) is 16.7. The number of hydrogen-bond acceptors (Lipinski definition) is 4. The molecule has 1 saturated carbocycles. The zero-order valence-electron chi connectivity index (χ0n) is 13.3. The molecule has 2 amide bonds. The fraction of sp³-hybridized carbons (Fsp3) is 0.412. The summed E-state index contributed by atoms with van der Waals surface area (Å²) in [6.07, 6.45) is 6.08. The molecule has 0 bridgehead atoms. The third-order valence-corrected chi connectivity index (χ3v) is 3.65. The van der Waals surface area contributed by atoms with Crippen molar-refractivity contribution >= 4 is 11.8 Å². The number of carbonyl (C=O) groups is 2. The van der Waals surface area contributed by atoms with Crippen molar-refractivity contribution in [2.24, 2.45) is 5.73 Å². The Morgan fingerprint density at radius 2 is 2.00 bits per heavy atom. The van der Waals surface area contributed by atoms with Crippen LogP contribution in [0.25, 0.3) is 0 Å². The van der Waals surface area contributed by atoms with Gasteiger partial charge in [-0.15, -0.1) is 0 Å². The maximum atomic E-state index is 11.9. The Morgan fingerprint density at radius 1 is 1.26 bits per heavy atom. The second-order valence-electron chi connectivity index (χ2n) is 5.47. The van der Waals surface area contributed by atoms with Crippen molar-refractivity contribution in [3.05, 3.63) is 35.4 Å². The van der Waals surface area contributed by atoms with Gasteiger partial charge in [0, 0.05) is 12.6 Å². The number of allylic oxidation sites excluding steroid dienone is 1. The summed E-state index contributed by atoms with van der Waals surface area (Å²) in [7, 11) is 1.51. The van der Waals surface area contributed by atoms with E-state index in [9.17, 15) is 9.59 Å². The SMILES string of the molecule is COc1cc(CNC(=O)C=C2CCCC2)ccc1OCC(N)=O. The van der Waals surface area contributed by atoms with Crippen molar-refractivity contribution < 1.29 is 19.1 Å². The number of benzene rings is 1. The van der Waals surface area contributed by atoms with E-state index in [1.54, 1.807) is 18.2 Å². The number of rotatable bonds is 7. The largest absolute Gasteiger partial charge is 0.493 e. The molecule has 1 aromatic rings. The average molecular weight is 318 g/mol. The van der Waals surface area contributed by atoms with E-state index in [2.05, 4.69) is 5.32 Å². The van der Waals surface area contributed by atoms with Crippen LogP contribution in [-0.2, 0) is 16.1 Å². The molecule has 0 atom stereocenters. The highest BCUT2D eigenvalue weighted by Gasteiger charge is 2.10. The van der Waals surface area contributed by atoms with Gasteiger partial charge in [0.15, 0.2) is 18.1 Å². The van der Waals surface area contributed by atoms with Crippen LogP contribution in [0, 0.1) is 0 Å². The van der Waals surface area contributed by atoms with Gasteiger partial charge in [0.2, 0.25) is 5.91 Å². The number of nitrogens with two attached hydrogens (primary N) is 1. The van der Waals surface area contributed by atoms with Gasteiger partial charge in [-0.1, -0.05) is 11.6 Å². The molecule has 3 N–H and O–H groups in total. The standard InChI is InChI=1S/C17H22N2O4/c1-22-15-8-13(6-7-14(15)23-11-16(18)20)10-19-17(21)9-12-4-2-3-5-12/h6-9H,2-5,10-11H2,1H3,(H2,18,20)(H,19,21). The van der Waals surface area contributed by atoms with Gasteiger partial charge < -0.3 is 20.5 Å². The highest BCUT2D eigenvalue weighted by Crippen LogP contribution is 2.28. The predicted molar refractivity (Wildman–Crippen MR) is 86.1 cm³/mol. The molecule has 0 spiro atoms. The normalized spacial score (nSPS) is 13.5. The first kappa shape index (κ1) is 16.9. The lowest BCUT2D eigenvalue weighted by atomic mass is 10.2. The van der Waals surface area contributed by atoms with E-state index >= 15 is 0 Å². The van der Waals surface area contributed by atoms with Crippen molar-refractivity contribution in [1.82, 2.24) is 5.32 Å². The second kappa shape index (κ2) is 8.22. The summed E-state index contributed by atoms with van der Waals surface area (Å²) >= 11 is 0.